The maximum atomic E-state index is 12.3. The molecule has 156 valence electrons. The van der Waals surface area contributed by atoms with E-state index >= 15 is 0 Å². The van der Waals surface area contributed by atoms with Crippen molar-refractivity contribution >= 4 is 23.9 Å². The summed E-state index contributed by atoms with van der Waals surface area (Å²) in [5.41, 5.74) is -0.532. The van der Waals surface area contributed by atoms with E-state index in [-0.39, 0.29) is 19.2 Å². The largest absolute Gasteiger partial charge is 0.444 e. The predicted octanol–water partition coefficient (Wildman–Crippen LogP) is 0.311. The second-order valence-corrected chi connectivity index (χ2v) is 7.57. The third-order valence-electron chi connectivity index (χ3n) is 3.98. The molecule has 29 heavy (non-hydrogen) atoms. The maximum absolute atomic E-state index is 12.3. The number of hydrogen-bond donors (Lipinski definition) is 1. The van der Waals surface area contributed by atoms with Crippen LogP contribution in [0.25, 0.3) is 0 Å². The molecule has 1 amide bonds. The lowest BCUT2D eigenvalue weighted by Crippen LogP contribution is -2.50. The van der Waals surface area contributed by atoms with Gasteiger partial charge in [0.15, 0.2) is 0 Å². The highest BCUT2D eigenvalue weighted by Crippen LogP contribution is 2.19. The first-order chi connectivity index (χ1) is 13.6. The number of carbonyl (C=O) groups excluding carboxylic acids is 1. The normalized spacial score (nSPS) is 14.0. The van der Waals surface area contributed by atoms with E-state index in [1.54, 1.807) is 16.8 Å². The van der Waals surface area contributed by atoms with Gasteiger partial charge in [-0.05, 0) is 20.8 Å². The number of nitrogens with zero attached hydrogens (tertiary/aromatic N) is 7. The molecule has 10 heteroatoms. The van der Waals surface area contributed by atoms with Crippen LogP contribution in [-0.4, -0.2) is 77.9 Å². The predicted molar refractivity (Wildman–Crippen MR) is 112 cm³/mol. The molecule has 10 nitrogen and oxygen atoms in total. The topological polar surface area (TPSA) is 104 Å². The van der Waals surface area contributed by atoms with Crippen LogP contribution in [0.1, 0.15) is 20.8 Å². The Kier molecular flexibility index (Phi) is 7.08. The lowest BCUT2D eigenvalue weighted by atomic mass is 10.2. The van der Waals surface area contributed by atoms with Gasteiger partial charge in [0.25, 0.3) is 0 Å². The van der Waals surface area contributed by atoms with Crippen LogP contribution in [0.5, 0.6) is 0 Å². The smallest absolute Gasteiger partial charge is 0.410 e. The van der Waals surface area contributed by atoms with Gasteiger partial charge in [0.05, 0.1) is 13.1 Å². The van der Waals surface area contributed by atoms with Gasteiger partial charge in [-0.3, -0.25) is 5.01 Å². The van der Waals surface area contributed by atoms with E-state index in [1.165, 1.54) is 5.01 Å². The molecule has 0 aromatic carbocycles. The SMILES string of the molecule is C#CCN(CC#C)c1nc(N(C)N)nc(N2CCN(C(=O)OC(C)(C)C)CC2)n1. The number of hydrogen-bond acceptors (Lipinski definition) is 9. The molecule has 2 heterocycles. The Hall–Kier alpha value is -3.24. The Balaban J connectivity index is 2.19. The van der Waals surface area contributed by atoms with Gasteiger partial charge in [-0.1, -0.05) is 11.8 Å². The molecule has 0 spiro atoms. The fourth-order valence-electron chi connectivity index (χ4n) is 2.62. The van der Waals surface area contributed by atoms with Crippen molar-refractivity contribution in [3.8, 4) is 24.7 Å². The third-order valence-corrected chi connectivity index (χ3v) is 3.98. The highest BCUT2D eigenvalue weighted by Gasteiger charge is 2.27. The van der Waals surface area contributed by atoms with Crippen molar-refractivity contribution in [1.82, 2.24) is 19.9 Å². The van der Waals surface area contributed by atoms with Gasteiger partial charge >= 0.3 is 6.09 Å². The molecule has 2 N–H and O–H groups in total. The van der Waals surface area contributed by atoms with Crippen LogP contribution in [-0.2, 0) is 4.74 Å². The van der Waals surface area contributed by atoms with E-state index < -0.39 is 5.60 Å². The summed E-state index contributed by atoms with van der Waals surface area (Å²) in [6.07, 6.45) is 10.5. The highest BCUT2D eigenvalue weighted by atomic mass is 16.6. The first kappa shape index (κ1) is 22.1. The van der Waals surface area contributed by atoms with Crippen molar-refractivity contribution in [2.75, 3.05) is 61.1 Å². The van der Waals surface area contributed by atoms with Crippen LogP contribution >= 0.6 is 0 Å². The summed E-state index contributed by atoms with van der Waals surface area (Å²) in [5.74, 6) is 12.0. The number of amides is 1. The summed E-state index contributed by atoms with van der Waals surface area (Å²) in [6, 6.07) is 0. The molecule has 1 saturated heterocycles. The lowest BCUT2D eigenvalue weighted by molar-refractivity contribution is 0.0240. The number of hydrazine groups is 1. The van der Waals surface area contributed by atoms with Crippen LogP contribution in [0.2, 0.25) is 0 Å². The molecule has 0 atom stereocenters. The lowest BCUT2D eigenvalue weighted by Gasteiger charge is -2.36. The van der Waals surface area contributed by atoms with Gasteiger partial charge in [-0.15, -0.1) is 12.8 Å². The number of rotatable bonds is 5. The van der Waals surface area contributed by atoms with E-state index in [9.17, 15) is 4.79 Å². The second kappa shape index (κ2) is 9.30. The number of ether oxygens (including phenoxy) is 1. The first-order valence-electron chi connectivity index (χ1n) is 9.24. The fourth-order valence-corrected chi connectivity index (χ4v) is 2.62. The van der Waals surface area contributed by atoms with Gasteiger partial charge in [-0.2, -0.15) is 15.0 Å². The zero-order chi connectivity index (χ0) is 21.6. The fraction of sp³-hybridized carbons (Fsp3) is 0.579. The number of terminal acetylenes is 2. The molecule has 1 fully saturated rings. The molecule has 0 aliphatic carbocycles. The Morgan fingerprint density at radius 3 is 2.14 bits per heavy atom. The number of nitrogens with two attached hydrogens (primary N) is 1. The number of anilines is 3. The van der Waals surface area contributed by atoms with Crippen LogP contribution in [0.15, 0.2) is 0 Å². The minimum atomic E-state index is -0.532. The molecule has 1 aromatic heterocycles. The van der Waals surface area contributed by atoms with Gasteiger partial charge in [0.2, 0.25) is 17.8 Å². The van der Waals surface area contributed by atoms with Crippen molar-refractivity contribution in [3.05, 3.63) is 0 Å². The van der Waals surface area contributed by atoms with Crippen molar-refractivity contribution in [3.63, 3.8) is 0 Å². The average Bonchev–Trinajstić information content (AvgIpc) is 2.66. The molecule has 2 rings (SSSR count). The van der Waals surface area contributed by atoms with Gasteiger partial charge in [0, 0.05) is 33.2 Å². The Labute approximate surface area is 172 Å². The second-order valence-electron chi connectivity index (χ2n) is 7.57. The maximum Gasteiger partial charge on any atom is 0.410 e. The van der Waals surface area contributed by atoms with Crippen molar-refractivity contribution < 1.29 is 9.53 Å². The van der Waals surface area contributed by atoms with Crippen molar-refractivity contribution in [2.24, 2.45) is 5.84 Å². The molecule has 1 aliphatic rings. The number of piperazine rings is 1. The Morgan fingerprint density at radius 1 is 1.10 bits per heavy atom. The number of carbonyl (C=O) groups is 1. The molecule has 0 unspecified atom stereocenters. The zero-order valence-corrected chi connectivity index (χ0v) is 17.4. The zero-order valence-electron chi connectivity index (χ0n) is 17.4. The van der Waals surface area contributed by atoms with Crippen LogP contribution in [0.3, 0.4) is 0 Å². The monoisotopic (exact) mass is 400 g/mol. The van der Waals surface area contributed by atoms with E-state index in [0.717, 1.165) is 0 Å². The van der Waals surface area contributed by atoms with Crippen molar-refractivity contribution in [1.29, 1.82) is 0 Å². The Morgan fingerprint density at radius 2 is 1.66 bits per heavy atom. The van der Waals surface area contributed by atoms with E-state index in [4.69, 9.17) is 23.4 Å². The summed E-state index contributed by atoms with van der Waals surface area (Å²) in [6.45, 7) is 8.11. The first-order valence-corrected chi connectivity index (χ1v) is 9.24. The summed E-state index contributed by atoms with van der Waals surface area (Å²) >= 11 is 0. The molecule has 1 aromatic rings. The standard InChI is InChI=1S/C19H28N8O2/c1-7-9-25(10-8-2)16-21-15(24(6)20)22-17(23-16)26-11-13-27(14-12-26)18(28)29-19(3,4)5/h1-2H,9-14,20H2,3-6H3. The van der Waals surface area contributed by atoms with Crippen LogP contribution in [0, 0.1) is 24.7 Å². The van der Waals surface area contributed by atoms with E-state index in [1.807, 2.05) is 25.7 Å². The molecular weight excluding hydrogens is 372 g/mol. The molecule has 1 aliphatic heterocycles. The third kappa shape index (κ3) is 6.13. The average molecular weight is 400 g/mol. The highest BCUT2D eigenvalue weighted by molar-refractivity contribution is 5.68. The minimum absolute atomic E-state index is 0.258. The van der Waals surface area contributed by atoms with Gasteiger partial charge < -0.3 is 19.4 Å². The van der Waals surface area contributed by atoms with Gasteiger partial charge in [0.1, 0.15) is 5.60 Å². The molecule has 0 bridgehead atoms. The summed E-state index contributed by atoms with van der Waals surface area (Å²) in [7, 11) is 1.63. The van der Waals surface area contributed by atoms with Crippen LogP contribution in [0.4, 0.5) is 22.6 Å². The summed E-state index contributed by atoms with van der Waals surface area (Å²) in [5, 5.41) is 1.30. The molecule has 0 radical (unpaired) electrons. The molecule has 0 saturated carbocycles. The molecular formula is C19H28N8O2. The quantitative estimate of drug-likeness (QED) is 0.425. The van der Waals surface area contributed by atoms with Crippen LogP contribution < -0.4 is 20.7 Å². The van der Waals surface area contributed by atoms with E-state index in [0.29, 0.717) is 44.0 Å². The van der Waals surface area contributed by atoms with E-state index in [2.05, 4.69) is 26.8 Å². The minimum Gasteiger partial charge on any atom is -0.444 e. The summed E-state index contributed by atoms with van der Waals surface area (Å²) < 4.78 is 5.43. The van der Waals surface area contributed by atoms with Crippen molar-refractivity contribution in [2.45, 2.75) is 26.4 Å². The summed E-state index contributed by atoms with van der Waals surface area (Å²) in [4.78, 5) is 30.9. The number of aromatic nitrogens is 3. The Bertz CT molecular complexity index is 782. The van der Waals surface area contributed by atoms with Gasteiger partial charge in [-0.25, -0.2) is 10.6 Å².